The van der Waals surface area contributed by atoms with Gasteiger partial charge in [-0.25, -0.2) is 0 Å². The number of ether oxygens (including phenoxy) is 2. The van der Waals surface area contributed by atoms with Crippen molar-refractivity contribution in [1.82, 2.24) is 0 Å². The number of phenolic OH excluding ortho intramolecular Hbond substituents is 5. The van der Waals surface area contributed by atoms with Crippen molar-refractivity contribution in [1.29, 1.82) is 0 Å². The van der Waals surface area contributed by atoms with Gasteiger partial charge in [-0.3, -0.25) is 0 Å². The Balaban J connectivity index is 1.38. The van der Waals surface area contributed by atoms with Crippen LogP contribution in [0.4, 0.5) is 0 Å². The zero-order chi connectivity index (χ0) is 33.6. The van der Waals surface area contributed by atoms with Crippen LogP contribution in [0.15, 0.2) is 94.9 Å². The van der Waals surface area contributed by atoms with Crippen LogP contribution in [-0.2, 0) is 12.2 Å². The highest BCUT2D eigenvalue weighted by Crippen LogP contribution is 2.65. The molecule has 0 fully saturated rings. The minimum absolute atomic E-state index is 0.00534. The molecule has 0 spiro atoms. The number of aromatic hydroxyl groups is 5. The molecule has 0 saturated heterocycles. The van der Waals surface area contributed by atoms with Crippen molar-refractivity contribution in [3.8, 4) is 51.6 Å². The molecule has 3 heterocycles. The van der Waals surface area contributed by atoms with E-state index in [1.807, 2.05) is 13.0 Å². The second kappa shape index (κ2) is 10.5. The van der Waals surface area contributed by atoms with E-state index in [4.69, 9.17) is 13.9 Å². The van der Waals surface area contributed by atoms with Gasteiger partial charge in [-0.1, -0.05) is 29.9 Å². The molecule has 1 aliphatic carbocycles. The van der Waals surface area contributed by atoms with E-state index in [0.29, 0.717) is 46.0 Å². The smallest absolute Gasteiger partial charge is 0.285 e. The lowest BCUT2D eigenvalue weighted by molar-refractivity contribution is -0.198. The Kier molecular flexibility index (Phi) is 6.52. The number of fused-ring (bicyclic) bond motifs is 5. The minimum atomic E-state index is -1.70. The van der Waals surface area contributed by atoms with Gasteiger partial charge in [0.1, 0.15) is 51.6 Å². The summed E-state index contributed by atoms with van der Waals surface area (Å²) in [5.41, 5.74) is 4.28. The number of furan rings is 1. The molecule has 8 rings (SSSR count). The van der Waals surface area contributed by atoms with Crippen molar-refractivity contribution in [3.63, 3.8) is 0 Å². The maximum absolute atomic E-state index is 11.9. The van der Waals surface area contributed by atoms with Gasteiger partial charge < -0.3 is 44.5 Å². The Bertz CT molecular complexity index is 2190. The zero-order valence-electron chi connectivity index (χ0n) is 26.3. The Morgan fingerprint density at radius 3 is 2.44 bits per heavy atom. The lowest BCUT2D eigenvalue weighted by Gasteiger charge is -2.55. The summed E-state index contributed by atoms with van der Waals surface area (Å²) in [5.74, 6) is -2.22. The number of rotatable bonds is 5. The zero-order valence-corrected chi connectivity index (χ0v) is 26.3. The predicted octanol–water partition coefficient (Wildman–Crippen LogP) is 7.58. The van der Waals surface area contributed by atoms with Gasteiger partial charge in [-0.2, -0.15) is 0 Å². The fraction of sp³-hybridized carbons (Fsp3) is 0.231. The molecule has 0 saturated carbocycles. The van der Waals surface area contributed by atoms with Crippen molar-refractivity contribution >= 4 is 11.0 Å². The van der Waals surface area contributed by atoms with Crippen molar-refractivity contribution in [2.24, 2.45) is 5.92 Å². The minimum Gasteiger partial charge on any atom is -0.508 e. The summed E-state index contributed by atoms with van der Waals surface area (Å²) in [7, 11) is 0. The highest BCUT2D eigenvalue weighted by atomic mass is 16.7. The third-order valence-electron chi connectivity index (χ3n) is 10.0. The van der Waals surface area contributed by atoms with Crippen molar-refractivity contribution in [2.45, 2.75) is 50.4 Å². The second-order valence-electron chi connectivity index (χ2n) is 13.2. The molecule has 6 N–H and O–H groups in total. The van der Waals surface area contributed by atoms with Crippen LogP contribution in [0.5, 0.6) is 40.2 Å². The van der Waals surface area contributed by atoms with Gasteiger partial charge in [0.2, 0.25) is 0 Å². The Hall–Kier alpha value is -5.54. The summed E-state index contributed by atoms with van der Waals surface area (Å²) < 4.78 is 19.8. The number of aliphatic hydroxyl groups is 1. The largest absolute Gasteiger partial charge is 0.508 e. The van der Waals surface area contributed by atoms with Crippen LogP contribution in [-0.4, -0.2) is 36.7 Å². The molecule has 0 radical (unpaired) electrons. The summed E-state index contributed by atoms with van der Waals surface area (Å²) >= 11 is 0. The van der Waals surface area contributed by atoms with E-state index in [0.717, 1.165) is 16.5 Å². The molecule has 9 nitrogen and oxygen atoms in total. The van der Waals surface area contributed by atoms with E-state index >= 15 is 0 Å². The highest BCUT2D eigenvalue weighted by Gasteiger charge is 2.62. The van der Waals surface area contributed by atoms with E-state index in [9.17, 15) is 30.6 Å². The number of hydrogen-bond donors (Lipinski definition) is 6. The molecule has 1 aromatic heterocycles. The molecule has 2 aliphatic heterocycles. The van der Waals surface area contributed by atoms with Gasteiger partial charge in [-0.05, 0) is 74.4 Å². The molecule has 0 amide bonds. The number of allylic oxidation sites excluding steroid dienone is 2. The second-order valence-corrected chi connectivity index (χ2v) is 13.2. The molecule has 3 aliphatic rings. The van der Waals surface area contributed by atoms with Crippen LogP contribution >= 0.6 is 0 Å². The Morgan fingerprint density at radius 1 is 0.896 bits per heavy atom. The molecule has 48 heavy (non-hydrogen) atoms. The summed E-state index contributed by atoms with van der Waals surface area (Å²) in [6.45, 7) is 7.51. The summed E-state index contributed by atoms with van der Waals surface area (Å²) in [6.07, 6.45) is 1.60. The SMILES string of the molecule is C=C(C)C(O)Cc1c(O)ccc(C23Oc4cc(O)ccc4[C@H]4CC(C)=C[C@H](c5c(O)cc(-c6cc7ccc(O)cc7o6)cc5O2)[C@@H]43)c1O. The molecule has 5 atom stereocenters. The van der Waals surface area contributed by atoms with Crippen molar-refractivity contribution in [2.75, 3.05) is 0 Å². The van der Waals surface area contributed by atoms with E-state index in [-0.39, 0.29) is 52.2 Å². The normalized spacial score (nSPS) is 22.8. The fourth-order valence-corrected chi connectivity index (χ4v) is 7.77. The lowest BCUT2D eigenvalue weighted by atomic mass is 9.61. The average Bonchev–Trinajstić information content (AvgIpc) is 3.45. The van der Waals surface area contributed by atoms with Crippen molar-refractivity contribution in [3.05, 3.63) is 113 Å². The van der Waals surface area contributed by atoms with Gasteiger partial charge in [0.25, 0.3) is 5.79 Å². The first-order chi connectivity index (χ1) is 22.9. The Morgan fingerprint density at radius 2 is 1.65 bits per heavy atom. The predicted molar refractivity (Wildman–Crippen MR) is 178 cm³/mol. The number of hydrogen-bond acceptors (Lipinski definition) is 9. The monoisotopic (exact) mass is 646 g/mol. The van der Waals surface area contributed by atoms with Gasteiger partial charge in [0.05, 0.1) is 17.6 Å². The van der Waals surface area contributed by atoms with E-state index < -0.39 is 23.7 Å². The van der Waals surface area contributed by atoms with Crippen LogP contribution in [0, 0.1) is 5.92 Å². The van der Waals surface area contributed by atoms with Gasteiger partial charge in [0, 0.05) is 52.5 Å². The lowest BCUT2D eigenvalue weighted by Crippen LogP contribution is -2.56. The van der Waals surface area contributed by atoms with Crippen molar-refractivity contribution < 1.29 is 44.5 Å². The van der Waals surface area contributed by atoms with Crippen LogP contribution in [0.1, 0.15) is 54.4 Å². The van der Waals surface area contributed by atoms with Crippen LogP contribution in [0.25, 0.3) is 22.3 Å². The third kappa shape index (κ3) is 4.41. The molecule has 5 aromatic rings. The standard InChI is InChI=1S/C39H34O9/c1-18(2)30(43)17-26-29(42)9-8-28(38(26)45)39-37-25(24-7-6-23(41)16-34(24)47-39)10-19(3)11-27(37)36-31(44)12-21(14-35(36)48-39)32-13-20-4-5-22(40)15-33(20)46-32/h4-9,11-16,25,27,30,37,40-45H,1,10,17H2,2-3H3/t25-,27-,30?,37-,39?/m1/s1. The molecule has 4 aromatic carbocycles. The van der Waals surface area contributed by atoms with Crippen LogP contribution in [0.2, 0.25) is 0 Å². The molecule has 0 bridgehead atoms. The van der Waals surface area contributed by atoms with Gasteiger partial charge in [0.15, 0.2) is 0 Å². The summed E-state index contributed by atoms with van der Waals surface area (Å²) in [5, 5.41) is 66.4. The summed E-state index contributed by atoms with van der Waals surface area (Å²) in [4.78, 5) is 0. The quantitative estimate of drug-likeness (QED) is 0.106. The molecule has 2 unspecified atom stereocenters. The topological polar surface area (TPSA) is 153 Å². The van der Waals surface area contributed by atoms with E-state index in [1.54, 1.807) is 49.4 Å². The molecular formula is C39H34O9. The maximum Gasteiger partial charge on any atom is 0.285 e. The number of benzene rings is 4. The number of phenols is 5. The molecule has 244 valence electrons. The maximum atomic E-state index is 11.9. The van der Waals surface area contributed by atoms with Gasteiger partial charge >= 0.3 is 0 Å². The first-order valence-corrected chi connectivity index (χ1v) is 15.8. The number of aliphatic hydroxyl groups excluding tert-OH is 1. The molecular weight excluding hydrogens is 612 g/mol. The van der Waals surface area contributed by atoms with Crippen LogP contribution in [0.3, 0.4) is 0 Å². The average molecular weight is 647 g/mol. The third-order valence-corrected chi connectivity index (χ3v) is 10.0. The molecule has 9 heteroatoms. The Labute approximate surface area is 275 Å². The highest BCUT2D eigenvalue weighted by molar-refractivity contribution is 5.84. The first kappa shape index (κ1) is 29.8. The fourth-order valence-electron chi connectivity index (χ4n) is 7.77. The van der Waals surface area contributed by atoms with Crippen LogP contribution < -0.4 is 9.47 Å². The first-order valence-electron chi connectivity index (χ1n) is 15.8. The van der Waals surface area contributed by atoms with E-state index in [2.05, 4.69) is 12.7 Å². The summed E-state index contributed by atoms with van der Waals surface area (Å²) in [6, 6.07) is 18.0. The van der Waals surface area contributed by atoms with E-state index in [1.165, 1.54) is 18.2 Å². The van der Waals surface area contributed by atoms with Gasteiger partial charge in [-0.15, -0.1) is 0 Å².